The highest BCUT2D eigenvalue weighted by atomic mass is 32.2. The van der Waals surface area contributed by atoms with Gasteiger partial charge in [-0.05, 0) is 62.9 Å². The smallest absolute Gasteiger partial charge is 0.257 e. The lowest BCUT2D eigenvalue weighted by molar-refractivity contribution is 0.102. The predicted molar refractivity (Wildman–Crippen MR) is 156 cm³/mol. The molecule has 3 rings (SSSR count). The maximum atomic E-state index is 13.5. The molecule has 0 saturated carbocycles. The van der Waals surface area contributed by atoms with Crippen molar-refractivity contribution in [2.24, 2.45) is 11.8 Å². The number of rotatable bonds is 14. The van der Waals surface area contributed by atoms with E-state index in [0.717, 1.165) is 0 Å². The molecule has 0 unspecified atom stereocenters. The largest absolute Gasteiger partial charge is 0.490 e. The van der Waals surface area contributed by atoms with E-state index in [1.54, 1.807) is 34.6 Å². The van der Waals surface area contributed by atoms with Crippen molar-refractivity contribution in [1.29, 1.82) is 0 Å². The Morgan fingerprint density at radius 2 is 1.49 bits per heavy atom. The number of fused-ring (bicyclic) bond motifs is 1. The van der Waals surface area contributed by atoms with E-state index in [1.165, 1.54) is 11.3 Å². The molecular formula is C28H39N3O6S2. The van der Waals surface area contributed by atoms with Crippen LogP contribution in [0.3, 0.4) is 0 Å². The lowest BCUT2D eigenvalue weighted by Gasteiger charge is -2.25. The second-order valence-electron chi connectivity index (χ2n) is 9.81. The van der Waals surface area contributed by atoms with Crippen LogP contribution in [0.1, 0.15) is 58.8 Å². The first-order valence-corrected chi connectivity index (χ1v) is 15.5. The topological polar surface area (TPSA) is 107 Å². The Hall–Kier alpha value is -2.89. The summed E-state index contributed by atoms with van der Waals surface area (Å²) in [7, 11) is -3.68. The van der Waals surface area contributed by atoms with Gasteiger partial charge in [0.2, 0.25) is 15.8 Å². The van der Waals surface area contributed by atoms with Crippen LogP contribution in [0.5, 0.6) is 17.2 Å². The van der Waals surface area contributed by atoms with Crippen molar-refractivity contribution >= 4 is 42.6 Å². The molecular weight excluding hydrogens is 538 g/mol. The molecule has 0 aliphatic carbocycles. The average Bonchev–Trinajstić information content (AvgIpc) is 3.26. The third-order valence-corrected chi connectivity index (χ3v) is 8.29. The van der Waals surface area contributed by atoms with Gasteiger partial charge in [-0.1, -0.05) is 39.0 Å². The highest BCUT2D eigenvalue weighted by Crippen LogP contribution is 2.39. The summed E-state index contributed by atoms with van der Waals surface area (Å²) in [6, 6.07) is 8.11. The van der Waals surface area contributed by atoms with E-state index in [2.05, 4.69) is 10.3 Å². The summed E-state index contributed by atoms with van der Waals surface area (Å²) in [6.07, 6.45) is 0. The Bertz CT molecular complexity index is 1350. The number of carbonyl (C=O) groups excluding carboxylic acids is 1. The highest BCUT2D eigenvalue weighted by molar-refractivity contribution is 7.89. The molecule has 0 spiro atoms. The van der Waals surface area contributed by atoms with Crippen molar-refractivity contribution in [1.82, 2.24) is 9.29 Å². The molecule has 0 radical (unpaired) electrons. The molecule has 1 amide bonds. The number of carbonyl (C=O) groups is 1. The van der Waals surface area contributed by atoms with Crippen molar-refractivity contribution in [3.05, 3.63) is 35.9 Å². The van der Waals surface area contributed by atoms with E-state index >= 15 is 0 Å². The Labute approximate surface area is 235 Å². The van der Waals surface area contributed by atoms with Gasteiger partial charge >= 0.3 is 0 Å². The number of hydrogen-bond acceptors (Lipinski definition) is 8. The van der Waals surface area contributed by atoms with Crippen LogP contribution in [0, 0.1) is 11.8 Å². The molecule has 39 heavy (non-hydrogen) atoms. The molecule has 2 aromatic carbocycles. The van der Waals surface area contributed by atoms with E-state index in [-0.39, 0.29) is 16.7 Å². The highest BCUT2D eigenvalue weighted by Gasteiger charge is 2.27. The molecule has 0 bridgehead atoms. The fourth-order valence-electron chi connectivity index (χ4n) is 4.04. The van der Waals surface area contributed by atoms with E-state index in [1.807, 2.05) is 48.5 Å². The molecule has 0 aliphatic rings. The summed E-state index contributed by atoms with van der Waals surface area (Å²) in [4.78, 5) is 17.9. The summed E-state index contributed by atoms with van der Waals surface area (Å²) in [5.41, 5.74) is 0.927. The number of benzene rings is 2. The molecule has 1 N–H and O–H groups in total. The zero-order valence-electron chi connectivity index (χ0n) is 23.7. The van der Waals surface area contributed by atoms with E-state index in [0.29, 0.717) is 71.1 Å². The van der Waals surface area contributed by atoms with Crippen molar-refractivity contribution in [2.45, 2.75) is 53.4 Å². The summed E-state index contributed by atoms with van der Waals surface area (Å²) in [5.74, 6) is 1.29. The molecule has 214 valence electrons. The molecule has 9 nitrogen and oxygen atoms in total. The number of thiazole rings is 1. The van der Waals surface area contributed by atoms with Crippen LogP contribution < -0.4 is 19.5 Å². The number of amides is 1. The van der Waals surface area contributed by atoms with Gasteiger partial charge in [-0.15, -0.1) is 0 Å². The molecule has 1 aromatic heterocycles. The van der Waals surface area contributed by atoms with Gasteiger partial charge in [0.05, 0.1) is 34.9 Å². The summed E-state index contributed by atoms with van der Waals surface area (Å²) < 4.78 is 46.3. The summed E-state index contributed by atoms with van der Waals surface area (Å²) in [5, 5.41) is 3.18. The van der Waals surface area contributed by atoms with Gasteiger partial charge in [0.15, 0.2) is 16.6 Å². The zero-order valence-corrected chi connectivity index (χ0v) is 25.4. The SMILES string of the molecule is CCOc1cc(C(=O)Nc2nc3ccc(S(=O)(=O)N(CC(C)C)CC(C)C)cc3s2)cc(OCC)c1OCC. The predicted octanol–water partition coefficient (Wildman–Crippen LogP) is 6.05. The summed E-state index contributed by atoms with van der Waals surface area (Å²) >= 11 is 1.22. The summed E-state index contributed by atoms with van der Waals surface area (Å²) in [6.45, 7) is 15.7. The lowest BCUT2D eigenvalue weighted by Crippen LogP contribution is -2.37. The van der Waals surface area contributed by atoms with Gasteiger partial charge in [-0.25, -0.2) is 13.4 Å². The normalized spacial score (nSPS) is 11.9. The minimum Gasteiger partial charge on any atom is -0.490 e. The number of hydrogen-bond donors (Lipinski definition) is 1. The number of nitrogens with one attached hydrogen (secondary N) is 1. The lowest BCUT2D eigenvalue weighted by atomic mass is 10.1. The van der Waals surface area contributed by atoms with Crippen molar-refractivity contribution in [3.63, 3.8) is 0 Å². The fourth-order valence-corrected chi connectivity index (χ4v) is 6.81. The Morgan fingerprint density at radius 3 is 2.00 bits per heavy atom. The first kappa shape index (κ1) is 30.6. The third kappa shape index (κ3) is 7.61. The van der Waals surface area contributed by atoms with Crippen LogP contribution in [0.15, 0.2) is 35.2 Å². The zero-order chi connectivity index (χ0) is 28.7. The van der Waals surface area contributed by atoms with Gasteiger partial charge in [-0.3, -0.25) is 10.1 Å². The fraction of sp³-hybridized carbons (Fsp3) is 0.500. The van der Waals surface area contributed by atoms with Crippen LogP contribution >= 0.6 is 11.3 Å². The van der Waals surface area contributed by atoms with Gasteiger partial charge in [0.25, 0.3) is 5.91 Å². The Kier molecular flexibility index (Phi) is 10.6. The molecule has 11 heteroatoms. The molecule has 0 saturated heterocycles. The molecule has 3 aromatic rings. The van der Waals surface area contributed by atoms with Gasteiger partial charge < -0.3 is 14.2 Å². The number of nitrogens with zero attached hydrogens (tertiary/aromatic N) is 2. The first-order chi connectivity index (χ1) is 18.5. The Balaban J connectivity index is 1.91. The third-order valence-electron chi connectivity index (χ3n) is 5.53. The minimum absolute atomic E-state index is 0.196. The van der Waals surface area contributed by atoms with Crippen LogP contribution in [0.4, 0.5) is 5.13 Å². The van der Waals surface area contributed by atoms with E-state index in [9.17, 15) is 13.2 Å². The second kappa shape index (κ2) is 13.5. The average molecular weight is 578 g/mol. The van der Waals surface area contributed by atoms with Gasteiger partial charge in [0, 0.05) is 18.7 Å². The maximum absolute atomic E-state index is 13.5. The van der Waals surface area contributed by atoms with E-state index in [4.69, 9.17) is 14.2 Å². The van der Waals surface area contributed by atoms with Crippen molar-refractivity contribution in [3.8, 4) is 17.2 Å². The van der Waals surface area contributed by atoms with Crippen molar-refractivity contribution in [2.75, 3.05) is 38.2 Å². The maximum Gasteiger partial charge on any atom is 0.257 e. The molecule has 0 fully saturated rings. The molecule has 0 aliphatic heterocycles. The molecule has 0 atom stereocenters. The van der Waals surface area contributed by atoms with Gasteiger partial charge in [-0.2, -0.15) is 4.31 Å². The second-order valence-corrected chi connectivity index (χ2v) is 12.8. The number of anilines is 1. The van der Waals surface area contributed by atoms with Gasteiger partial charge in [0.1, 0.15) is 0 Å². The molecule has 1 heterocycles. The van der Waals surface area contributed by atoms with E-state index < -0.39 is 15.9 Å². The monoisotopic (exact) mass is 577 g/mol. The van der Waals surface area contributed by atoms with Crippen molar-refractivity contribution < 1.29 is 27.4 Å². The number of aromatic nitrogens is 1. The number of ether oxygens (including phenoxy) is 3. The van der Waals surface area contributed by atoms with Crippen LogP contribution in [0.2, 0.25) is 0 Å². The minimum atomic E-state index is -3.68. The quantitative estimate of drug-likeness (QED) is 0.249. The standard InChI is InChI=1S/C28H39N3O6S2/c1-8-35-23-13-20(14-24(36-9-2)26(23)37-10-3)27(32)30-28-29-22-12-11-21(15-25(22)38-28)39(33,34)31(16-18(4)5)17-19(6)7/h11-15,18-19H,8-10,16-17H2,1-7H3,(H,29,30,32). The van der Waals surface area contributed by atoms with Crippen LogP contribution in [-0.2, 0) is 10.0 Å². The Morgan fingerprint density at radius 1 is 0.923 bits per heavy atom. The van der Waals surface area contributed by atoms with Crippen LogP contribution in [0.25, 0.3) is 10.2 Å². The first-order valence-electron chi connectivity index (χ1n) is 13.3. The van der Waals surface area contributed by atoms with Crippen LogP contribution in [-0.4, -0.2) is 56.5 Å². The number of sulfonamides is 1.